The van der Waals surface area contributed by atoms with Gasteiger partial charge >= 0.3 is 0 Å². The molecule has 0 amide bonds. The Bertz CT molecular complexity index is 1280. The number of hydrogen-bond donors (Lipinski definition) is 3. The second kappa shape index (κ2) is 11.9. The number of benzene rings is 3. The molecule has 0 bridgehead atoms. The number of sulfonamides is 1. The number of nitrogens with zero attached hydrogens (tertiary/aromatic N) is 1. The van der Waals surface area contributed by atoms with Gasteiger partial charge in [-0.25, -0.2) is 8.42 Å². The fraction of sp³-hybridized carbons (Fsp3) is 0.379. The summed E-state index contributed by atoms with van der Waals surface area (Å²) in [5.74, 6) is 0. The number of nitrogens with one attached hydrogen (secondary N) is 1. The molecule has 3 N–H and O–H groups in total. The largest absolute Gasteiger partial charge is 0.395 e. The number of likely N-dealkylation sites (tertiary alicyclic amines) is 1. The van der Waals surface area contributed by atoms with Gasteiger partial charge < -0.3 is 19.7 Å². The molecule has 2 heterocycles. The van der Waals surface area contributed by atoms with Gasteiger partial charge in [0.1, 0.15) is 0 Å². The van der Waals surface area contributed by atoms with Crippen molar-refractivity contribution in [2.75, 3.05) is 24.4 Å². The molecule has 2 fully saturated rings. The molecule has 0 spiro atoms. The van der Waals surface area contributed by atoms with E-state index < -0.39 is 16.3 Å². The summed E-state index contributed by atoms with van der Waals surface area (Å²) in [6, 6.07) is 23.2. The SMILES string of the molecule is O=S(=O)(Nc1ccc([C@H]2O[C@@H](CN3CCC[C@H]3CO)C[C@@H](c3ccc(CO)cc3)O2)cc1)c1ccccc1. The first-order valence-corrected chi connectivity index (χ1v) is 14.5. The highest BCUT2D eigenvalue weighted by atomic mass is 32.2. The minimum Gasteiger partial charge on any atom is -0.395 e. The Morgan fingerprint density at radius 2 is 1.61 bits per heavy atom. The van der Waals surface area contributed by atoms with E-state index in [1.165, 1.54) is 0 Å². The van der Waals surface area contributed by atoms with Crippen LogP contribution in [0, 0.1) is 0 Å². The average molecular weight is 539 g/mol. The zero-order chi connectivity index (χ0) is 26.5. The van der Waals surface area contributed by atoms with Crippen molar-refractivity contribution in [2.45, 2.75) is 55.3 Å². The van der Waals surface area contributed by atoms with E-state index in [9.17, 15) is 18.6 Å². The Morgan fingerprint density at radius 1 is 0.895 bits per heavy atom. The molecule has 0 radical (unpaired) electrons. The van der Waals surface area contributed by atoms with Gasteiger partial charge in [0.2, 0.25) is 0 Å². The number of aliphatic hydroxyl groups is 2. The molecule has 0 unspecified atom stereocenters. The maximum atomic E-state index is 12.7. The molecule has 38 heavy (non-hydrogen) atoms. The van der Waals surface area contributed by atoms with Crippen molar-refractivity contribution in [2.24, 2.45) is 0 Å². The van der Waals surface area contributed by atoms with Crippen molar-refractivity contribution < 1.29 is 28.1 Å². The molecule has 5 rings (SSSR count). The van der Waals surface area contributed by atoms with E-state index in [4.69, 9.17) is 9.47 Å². The van der Waals surface area contributed by atoms with Crippen molar-refractivity contribution in [1.29, 1.82) is 0 Å². The lowest BCUT2D eigenvalue weighted by atomic mass is 9.99. The maximum Gasteiger partial charge on any atom is 0.261 e. The van der Waals surface area contributed by atoms with E-state index >= 15 is 0 Å². The molecule has 2 aliphatic heterocycles. The van der Waals surface area contributed by atoms with Crippen LogP contribution < -0.4 is 4.72 Å². The number of ether oxygens (including phenoxy) is 2. The fourth-order valence-electron chi connectivity index (χ4n) is 5.16. The van der Waals surface area contributed by atoms with Gasteiger partial charge in [-0.15, -0.1) is 0 Å². The van der Waals surface area contributed by atoms with Crippen molar-refractivity contribution in [3.63, 3.8) is 0 Å². The predicted molar refractivity (Wildman–Crippen MR) is 144 cm³/mol. The Kier molecular flexibility index (Phi) is 8.42. The summed E-state index contributed by atoms with van der Waals surface area (Å²) < 4.78 is 40.8. The van der Waals surface area contributed by atoms with Crippen LogP contribution in [0.1, 0.15) is 48.3 Å². The van der Waals surface area contributed by atoms with Gasteiger partial charge in [-0.2, -0.15) is 0 Å². The van der Waals surface area contributed by atoms with Crippen LogP contribution in [-0.4, -0.2) is 55.4 Å². The quantitative estimate of drug-likeness (QED) is 0.378. The highest BCUT2D eigenvalue weighted by molar-refractivity contribution is 7.92. The van der Waals surface area contributed by atoms with Gasteiger partial charge in [-0.3, -0.25) is 9.62 Å². The molecule has 4 atom stereocenters. The topological polar surface area (TPSA) is 108 Å². The third-order valence-electron chi connectivity index (χ3n) is 7.25. The van der Waals surface area contributed by atoms with Crippen LogP contribution in [0.5, 0.6) is 0 Å². The van der Waals surface area contributed by atoms with Crippen LogP contribution in [0.15, 0.2) is 83.8 Å². The minimum absolute atomic E-state index is 0.0158. The van der Waals surface area contributed by atoms with Crippen molar-refractivity contribution in [3.05, 3.63) is 95.6 Å². The van der Waals surface area contributed by atoms with Gasteiger partial charge in [-0.05, 0) is 54.8 Å². The van der Waals surface area contributed by atoms with E-state index in [1.54, 1.807) is 42.5 Å². The fourth-order valence-corrected chi connectivity index (χ4v) is 6.24. The second-order valence-corrected chi connectivity index (χ2v) is 11.5. The number of hydrogen-bond acceptors (Lipinski definition) is 7. The lowest BCUT2D eigenvalue weighted by Gasteiger charge is -2.38. The Morgan fingerprint density at radius 3 is 2.29 bits per heavy atom. The van der Waals surface area contributed by atoms with E-state index in [1.807, 2.05) is 36.4 Å². The maximum absolute atomic E-state index is 12.7. The lowest BCUT2D eigenvalue weighted by molar-refractivity contribution is -0.253. The first kappa shape index (κ1) is 26.8. The first-order valence-electron chi connectivity index (χ1n) is 13.0. The normalized spacial score (nSPS) is 24.4. The van der Waals surface area contributed by atoms with E-state index in [0.29, 0.717) is 18.7 Å². The third-order valence-corrected chi connectivity index (χ3v) is 8.65. The Hall–Kier alpha value is -2.79. The molecule has 2 aliphatic rings. The summed E-state index contributed by atoms with van der Waals surface area (Å²) in [6.45, 7) is 1.76. The van der Waals surface area contributed by atoms with Gasteiger partial charge in [-0.1, -0.05) is 54.6 Å². The van der Waals surface area contributed by atoms with E-state index in [-0.39, 0.29) is 36.4 Å². The van der Waals surface area contributed by atoms with Crippen molar-refractivity contribution >= 4 is 15.7 Å². The summed E-state index contributed by atoms with van der Waals surface area (Å²) in [5.41, 5.74) is 3.08. The molecular weight excluding hydrogens is 504 g/mol. The summed E-state index contributed by atoms with van der Waals surface area (Å²) >= 11 is 0. The number of aliphatic hydroxyl groups excluding tert-OH is 2. The molecule has 0 aliphatic carbocycles. The summed E-state index contributed by atoms with van der Waals surface area (Å²) in [5, 5.41) is 19.2. The van der Waals surface area contributed by atoms with Gasteiger partial charge in [0.05, 0.1) is 30.3 Å². The molecule has 9 heteroatoms. The number of rotatable bonds is 9. The van der Waals surface area contributed by atoms with Gasteiger partial charge in [0.25, 0.3) is 10.0 Å². The van der Waals surface area contributed by atoms with Crippen molar-refractivity contribution in [3.8, 4) is 0 Å². The smallest absolute Gasteiger partial charge is 0.261 e. The third kappa shape index (κ3) is 6.26. The Labute approximate surface area is 223 Å². The highest BCUT2D eigenvalue weighted by Gasteiger charge is 2.35. The molecule has 0 saturated carbocycles. The van der Waals surface area contributed by atoms with Crippen LogP contribution >= 0.6 is 0 Å². The summed E-state index contributed by atoms with van der Waals surface area (Å²) in [4.78, 5) is 2.49. The predicted octanol–water partition coefficient (Wildman–Crippen LogP) is 3.98. The lowest BCUT2D eigenvalue weighted by Crippen LogP contribution is -2.42. The summed E-state index contributed by atoms with van der Waals surface area (Å²) in [7, 11) is -3.69. The molecule has 8 nitrogen and oxygen atoms in total. The Balaban J connectivity index is 1.34. The average Bonchev–Trinajstić information content (AvgIpc) is 3.40. The van der Waals surface area contributed by atoms with E-state index in [0.717, 1.165) is 36.1 Å². The van der Waals surface area contributed by atoms with Crippen molar-refractivity contribution in [1.82, 2.24) is 4.90 Å². The summed E-state index contributed by atoms with van der Waals surface area (Å²) in [6.07, 6.45) is 1.75. The zero-order valence-electron chi connectivity index (χ0n) is 21.1. The van der Waals surface area contributed by atoms with Gasteiger partial charge in [0, 0.05) is 30.3 Å². The molecule has 2 saturated heterocycles. The molecular formula is C29H34N2O6S. The minimum atomic E-state index is -3.69. The van der Waals surface area contributed by atoms with E-state index in [2.05, 4.69) is 9.62 Å². The first-order chi connectivity index (χ1) is 18.4. The molecule has 3 aromatic carbocycles. The zero-order valence-corrected chi connectivity index (χ0v) is 22.0. The standard InChI is InChI=1S/C29H34N2O6S/c32-19-21-8-10-22(11-9-21)28-17-26(18-31-16-4-5-25(31)20-33)36-29(37-28)23-12-14-24(15-13-23)30-38(34,35)27-6-2-1-3-7-27/h1-3,6-15,25-26,28-30,32-33H,4-5,16-20H2/t25-,26+,28-,29-/m0/s1. The van der Waals surface area contributed by atoms with Crippen LogP contribution in [-0.2, 0) is 26.1 Å². The van der Waals surface area contributed by atoms with Crippen LogP contribution in [0.3, 0.4) is 0 Å². The van der Waals surface area contributed by atoms with Gasteiger partial charge in [0.15, 0.2) is 6.29 Å². The number of anilines is 1. The highest BCUT2D eigenvalue weighted by Crippen LogP contribution is 2.39. The molecule has 202 valence electrons. The van der Waals surface area contributed by atoms with Crippen LogP contribution in [0.25, 0.3) is 0 Å². The monoisotopic (exact) mass is 538 g/mol. The van der Waals surface area contributed by atoms with Crippen LogP contribution in [0.2, 0.25) is 0 Å². The molecule has 0 aromatic heterocycles. The second-order valence-electron chi connectivity index (χ2n) is 9.86. The van der Waals surface area contributed by atoms with Crippen LogP contribution in [0.4, 0.5) is 5.69 Å². The molecule has 3 aromatic rings.